The fourth-order valence-electron chi connectivity index (χ4n) is 3.11. The summed E-state index contributed by atoms with van der Waals surface area (Å²) in [6, 6.07) is 13.3. The van der Waals surface area contributed by atoms with Crippen LogP contribution in [0.5, 0.6) is 0 Å². The van der Waals surface area contributed by atoms with Gasteiger partial charge in [-0.1, -0.05) is 42.5 Å². The molecule has 2 rings (SSSR count). The molecule has 0 fully saturated rings. The van der Waals surface area contributed by atoms with Gasteiger partial charge in [0.05, 0.1) is 0 Å². The third kappa shape index (κ3) is 5.23. The first-order chi connectivity index (χ1) is 14.1. The lowest BCUT2D eigenvalue weighted by atomic mass is 9.77. The highest BCUT2D eigenvalue weighted by Crippen LogP contribution is 2.35. The van der Waals surface area contributed by atoms with Gasteiger partial charge in [0.1, 0.15) is 17.3 Å². The predicted molar refractivity (Wildman–Crippen MR) is 108 cm³/mol. The Kier molecular flexibility index (Phi) is 7.32. The average Bonchev–Trinajstić information content (AvgIpc) is 2.66. The van der Waals surface area contributed by atoms with E-state index in [0.717, 1.165) is 0 Å². The van der Waals surface area contributed by atoms with Crippen molar-refractivity contribution >= 4 is 17.9 Å². The zero-order chi connectivity index (χ0) is 22.5. The number of carbonyl (C=O) groups is 3. The monoisotopic (exact) mass is 416 g/mol. The number of halogens is 1. The highest BCUT2D eigenvalue weighted by molar-refractivity contribution is 5.85. The summed E-state index contributed by atoms with van der Waals surface area (Å²) < 4.78 is 30.3. The minimum atomic E-state index is -1.55. The number of benzene rings is 2. The smallest absolute Gasteiger partial charge is 0.323 e. The van der Waals surface area contributed by atoms with E-state index in [1.165, 1.54) is 40.7 Å². The van der Waals surface area contributed by atoms with Crippen LogP contribution in [0.2, 0.25) is 0 Å². The van der Waals surface area contributed by atoms with E-state index >= 15 is 0 Å². The number of rotatable bonds is 7. The van der Waals surface area contributed by atoms with Gasteiger partial charge in [0, 0.05) is 26.3 Å². The number of hydrogen-bond donors (Lipinski definition) is 0. The number of carbonyl (C=O) groups excluding carboxylic acids is 3. The van der Waals surface area contributed by atoms with E-state index < -0.39 is 41.5 Å². The molecule has 0 aliphatic carbocycles. The molecule has 0 heterocycles. The van der Waals surface area contributed by atoms with Gasteiger partial charge in [0.15, 0.2) is 0 Å². The molecule has 0 N–H and O–H groups in total. The standard InChI is InChI=1S/C23H25FO6/c1-14(28-15(2)25)23(5,22(27)30-17(4)29-16(3)26)19-11-12-20(21(24)13-19)18-9-7-6-8-10-18/h6-14,17H,1-5H3/t14?,17?,23-/m1/s1. The molecule has 2 unspecified atom stereocenters. The van der Waals surface area contributed by atoms with Gasteiger partial charge in [-0.2, -0.15) is 0 Å². The second kappa shape index (κ2) is 9.52. The van der Waals surface area contributed by atoms with Gasteiger partial charge in [-0.25, -0.2) is 4.39 Å². The molecule has 0 radical (unpaired) electrons. The summed E-state index contributed by atoms with van der Waals surface area (Å²) in [5.41, 5.74) is -0.241. The zero-order valence-electron chi connectivity index (χ0n) is 17.6. The maximum absolute atomic E-state index is 15.0. The Balaban J connectivity index is 2.46. The van der Waals surface area contributed by atoms with Crippen LogP contribution in [0.1, 0.15) is 40.2 Å². The Morgan fingerprint density at radius 1 is 0.900 bits per heavy atom. The maximum atomic E-state index is 15.0. The van der Waals surface area contributed by atoms with E-state index in [1.54, 1.807) is 36.4 Å². The minimum absolute atomic E-state index is 0.258. The Hall–Kier alpha value is -3.22. The highest BCUT2D eigenvalue weighted by atomic mass is 19.1. The molecule has 30 heavy (non-hydrogen) atoms. The number of esters is 3. The van der Waals surface area contributed by atoms with Crippen molar-refractivity contribution in [1.82, 2.24) is 0 Å². The van der Waals surface area contributed by atoms with E-state index in [1.807, 2.05) is 6.07 Å². The summed E-state index contributed by atoms with van der Waals surface area (Å²) in [6.07, 6.45) is -2.14. The Morgan fingerprint density at radius 3 is 2.03 bits per heavy atom. The largest absolute Gasteiger partial charge is 0.461 e. The molecule has 0 spiro atoms. The molecule has 7 heteroatoms. The molecule has 160 valence electrons. The lowest BCUT2D eigenvalue weighted by molar-refractivity contribution is -0.190. The van der Waals surface area contributed by atoms with Gasteiger partial charge in [-0.05, 0) is 31.0 Å². The second-order valence-corrected chi connectivity index (χ2v) is 7.10. The molecular weight excluding hydrogens is 391 g/mol. The summed E-state index contributed by atoms with van der Waals surface area (Å²) in [5, 5.41) is 0. The molecule has 0 aliphatic heterocycles. The Morgan fingerprint density at radius 2 is 1.50 bits per heavy atom. The first-order valence-corrected chi connectivity index (χ1v) is 9.46. The maximum Gasteiger partial charge on any atom is 0.323 e. The van der Waals surface area contributed by atoms with Crippen LogP contribution >= 0.6 is 0 Å². The summed E-state index contributed by atoms with van der Waals surface area (Å²) in [6.45, 7) is 6.78. The molecule has 0 saturated carbocycles. The summed E-state index contributed by atoms with van der Waals surface area (Å²) in [5.74, 6) is -2.59. The minimum Gasteiger partial charge on any atom is -0.461 e. The summed E-state index contributed by atoms with van der Waals surface area (Å²) >= 11 is 0. The van der Waals surface area contributed by atoms with E-state index in [4.69, 9.17) is 14.2 Å². The van der Waals surface area contributed by atoms with Crippen LogP contribution < -0.4 is 0 Å². The lowest BCUT2D eigenvalue weighted by Crippen LogP contribution is -2.47. The van der Waals surface area contributed by atoms with Crippen LogP contribution in [-0.2, 0) is 34.0 Å². The van der Waals surface area contributed by atoms with Crippen molar-refractivity contribution in [2.24, 2.45) is 0 Å². The van der Waals surface area contributed by atoms with E-state index in [-0.39, 0.29) is 5.56 Å². The van der Waals surface area contributed by atoms with Gasteiger partial charge in [-0.15, -0.1) is 0 Å². The summed E-state index contributed by atoms with van der Waals surface area (Å²) in [7, 11) is 0. The predicted octanol–water partition coefficient (Wildman–Crippen LogP) is 4.15. The first-order valence-electron chi connectivity index (χ1n) is 9.46. The van der Waals surface area contributed by atoms with Gasteiger partial charge in [0.2, 0.25) is 6.29 Å². The lowest BCUT2D eigenvalue weighted by Gasteiger charge is -2.34. The molecule has 0 aliphatic rings. The highest BCUT2D eigenvalue weighted by Gasteiger charge is 2.45. The topological polar surface area (TPSA) is 78.9 Å². The quantitative estimate of drug-likeness (QED) is 0.498. The molecule has 6 nitrogen and oxygen atoms in total. The normalized spacial score (nSPS) is 14.7. The fraction of sp³-hybridized carbons (Fsp3) is 0.348. The molecule has 0 amide bonds. The van der Waals surface area contributed by atoms with Crippen molar-refractivity contribution in [3.05, 3.63) is 59.9 Å². The van der Waals surface area contributed by atoms with Crippen molar-refractivity contribution in [2.75, 3.05) is 0 Å². The summed E-state index contributed by atoms with van der Waals surface area (Å²) in [4.78, 5) is 35.6. The van der Waals surface area contributed by atoms with Gasteiger partial charge >= 0.3 is 17.9 Å². The molecule has 0 bridgehead atoms. The molecule has 0 aromatic heterocycles. The second-order valence-electron chi connectivity index (χ2n) is 7.10. The van der Waals surface area contributed by atoms with E-state index in [9.17, 15) is 18.8 Å². The molecule has 2 aromatic rings. The van der Waals surface area contributed by atoms with Crippen molar-refractivity contribution in [3.63, 3.8) is 0 Å². The number of hydrogen-bond acceptors (Lipinski definition) is 6. The average molecular weight is 416 g/mol. The van der Waals surface area contributed by atoms with E-state index in [2.05, 4.69) is 0 Å². The van der Waals surface area contributed by atoms with Crippen LogP contribution in [0.4, 0.5) is 4.39 Å². The third-order valence-corrected chi connectivity index (χ3v) is 4.84. The van der Waals surface area contributed by atoms with Crippen LogP contribution in [0, 0.1) is 5.82 Å². The van der Waals surface area contributed by atoms with Crippen LogP contribution in [0.25, 0.3) is 11.1 Å². The molecule has 0 saturated heterocycles. The number of ether oxygens (including phenoxy) is 3. The molecule has 3 atom stereocenters. The van der Waals surface area contributed by atoms with Crippen LogP contribution in [-0.4, -0.2) is 30.3 Å². The Labute approximate surface area is 174 Å². The van der Waals surface area contributed by atoms with E-state index in [0.29, 0.717) is 11.1 Å². The van der Waals surface area contributed by atoms with Gasteiger partial charge < -0.3 is 14.2 Å². The van der Waals surface area contributed by atoms with Gasteiger partial charge in [0.25, 0.3) is 0 Å². The van der Waals surface area contributed by atoms with Crippen LogP contribution in [0.3, 0.4) is 0 Å². The first kappa shape index (κ1) is 23.1. The van der Waals surface area contributed by atoms with Crippen molar-refractivity contribution in [2.45, 2.75) is 52.4 Å². The third-order valence-electron chi connectivity index (χ3n) is 4.84. The van der Waals surface area contributed by atoms with Crippen molar-refractivity contribution in [1.29, 1.82) is 0 Å². The van der Waals surface area contributed by atoms with Crippen LogP contribution in [0.15, 0.2) is 48.5 Å². The zero-order valence-corrected chi connectivity index (χ0v) is 17.6. The van der Waals surface area contributed by atoms with Crippen molar-refractivity contribution in [3.8, 4) is 11.1 Å². The van der Waals surface area contributed by atoms with Crippen molar-refractivity contribution < 1.29 is 33.0 Å². The Bertz CT molecular complexity index is 927. The molecule has 2 aromatic carbocycles. The molecular formula is C23H25FO6. The fourth-order valence-corrected chi connectivity index (χ4v) is 3.11. The SMILES string of the molecule is CC(=O)OC(C)OC(=O)[C@@](C)(c1ccc(-c2ccccc2)c(F)c1)C(C)OC(C)=O. The van der Waals surface area contributed by atoms with Gasteiger partial charge in [-0.3, -0.25) is 14.4 Å².